The van der Waals surface area contributed by atoms with Gasteiger partial charge in [0.05, 0.1) is 6.54 Å². The second-order valence-corrected chi connectivity index (χ2v) is 8.63. The topological polar surface area (TPSA) is 86.7 Å². The fourth-order valence-corrected chi connectivity index (χ4v) is 4.87. The summed E-state index contributed by atoms with van der Waals surface area (Å²) in [6.07, 6.45) is 3.31. The van der Waals surface area contributed by atoms with Gasteiger partial charge in [0.25, 0.3) is 0 Å². The number of nitrogens with zero attached hydrogens (tertiary/aromatic N) is 3. The smallest absolute Gasteiger partial charge is 0.315 e. The van der Waals surface area contributed by atoms with E-state index in [1.54, 1.807) is 30.6 Å². The molecule has 33 heavy (non-hydrogen) atoms. The zero-order chi connectivity index (χ0) is 23.3. The van der Waals surface area contributed by atoms with Gasteiger partial charge in [0, 0.05) is 31.4 Å². The van der Waals surface area contributed by atoms with Gasteiger partial charge in [-0.15, -0.1) is 0 Å². The zero-order valence-corrected chi connectivity index (χ0v) is 18.7. The zero-order valence-electron chi connectivity index (χ0n) is 17.9. The van der Waals surface area contributed by atoms with Crippen LogP contribution in [0.15, 0.2) is 84.2 Å². The summed E-state index contributed by atoms with van der Waals surface area (Å²) in [5.41, 5.74) is 1.96. The lowest BCUT2D eigenvalue weighted by Gasteiger charge is -2.35. The summed E-state index contributed by atoms with van der Waals surface area (Å²) in [6, 6.07) is 18.8. The van der Waals surface area contributed by atoms with Crippen LogP contribution in [0.4, 0.5) is 9.18 Å². The number of aromatic nitrogens is 1. The number of pyridine rings is 1. The van der Waals surface area contributed by atoms with Crippen molar-refractivity contribution in [2.45, 2.75) is 18.3 Å². The van der Waals surface area contributed by atoms with E-state index in [0.717, 1.165) is 11.1 Å². The first-order valence-corrected chi connectivity index (χ1v) is 11.1. The van der Waals surface area contributed by atoms with Gasteiger partial charge in [-0.25, -0.2) is 14.2 Å². The van der Waals surface area contributed by atoms with Crippen molar-refractivity contribution in [2.75, 3.05) is 6.54 Å². The molecule has 1 atom stereocenters. The van der Waals surface area contributed by atoms with Gasteiger partial charge in [0.15, 0.2) is 4.87 Å². The molecule has 1 aliphatic rings. The second kappa shape index (κ2) is 9.83. The van der Waals surface area contributed by atoms with Gasteiger partial charge in [-0.3, -0.25) is 9.78 Å². The van der Waals surface area contributed by atoms with Crippen LogP contribution in [0, 0.1) is 5.82 Å². The average Bonchev–Trinajstić information content (AvgIpc) is 3.24. The van der Waals surface area contributed by atoms with Crippen molar-refractivity contribution in [1.29, 1.82) is 0 Å². The van der Waals surface area contributed by atoms with E-state index in [-0.39, 0.29) is 12.5 Å². The van der Waals surface area contributed by atoms with Gasteiger partial charge in [-0.2, -0.15) is 5.10 Å². The van der Waals surface area contributed by atoms with Crippen LogP contribution >= 0.6 is 11.8 Å². The molecule has 3 aromatic rings. The number of halogens is 1. The lowest BCUT2D eigenvalue weighted by atomic mass is 10.1. The van der Waals surface area contributed by atoms with Crippen LogP contribution in [0.3, 0.4) is 0 Å². The highest BCUT2D eigenvalue weighted by atomic mass is 32.2. The molecule has 0 fully saturated rings. The van der Waals surface area contributed by atoms with E-state index in [4.69, 9.17) is 0 Å². The number of nitrogens with one attached hydrogen (secondary N) is 2. The maximum Gasteiger partial charge on any atom is 0.315 e. The van der Waals surface area contributed by atoms with Crippen LogP contribution in [0.5, 0.6) is 0 Å². The van der Waals surface area contributed by atoms with Crippen molar-refractivity contribution in [3.63, 3.8) is 0 Å². The molecule has 2 heterocycles. The number of carbonyl (C=O) groups is 2. The number of benzene rings is 2. The minimum absolute atomic E-state index is 0.0604. The molecule has 2 aromatic carbocycles. The molecule has 1 aliphatic heterocycles. The Kier molecular flexibility index (Phi) is 6.69. The summed E-state index contributed by atoms with van der Waals surface area (Å²) < 4.78 is 14.5. The normalized spacial score (nSPS) is 17.4. The Bertz CT molecular complexity index is 1180. The van der Waals surface area contributed by atoms with Crippen LogP contribution in [-0.2, 0) is 16.2 Å². The van der Waals surface area contributed by atoms with Gasteiger partial charge in [0.1, 0.15) is 10.9 Å². The molecule has 0 spiro atoms. The van der Waals surface area contributed by atoms with Crippen molar-refractivity contribution in [2.24, 2.45) is 5.10 Å². The molecule has 7 nitrogen and oxygen atoms in total. The molecule has 168 valence electrons. The van der Waals surface area contributed by atoms with E-state index in [1.807, 2.05) is 42.5 Å². The fraction of sp³-hybridized carbons (Fsp3) is 0.167. The summed E-state index contributed by atoms with van der Waals surface area (Å²) >= 11 is 1.24. The Morgan fingerprint density at radius 3 is 2.39 bits per heavy atom. The fourth-order valence-electron chi connectivity index (χ4n) is 3.50. The van der Waals surface area contributed by atoms with Gasteiger partial charge < -0.3 is 10.6 Å². The molecule has 2 N–H and O–H groups in total. The first-order chi connectivity index (χ1) is 16.0. The van der Waals surface area contributed by atoms with Gasteiger partial charge >= 0.3 is 6.03 Å². The van der Waals surface area contributed by atoms with Gasteiger partial charge in [-0.1, -0.05) is 54.2 Å². The Morgan fingerprint density at radius 1 is 1.00 bits per heavy atom. The third-order valence-corrected chi connectivity index (χ3v) is 6.50. The van der Waals surface area contributed by atoms with E-state index in [0.29, 0.717) is 17.2 Å². The lowest BCUT2D eigenvalue weighted by Crippen LogP contribution is -2.50. The first kappa shape index (κ1) is 22.5. The van der Waals surface area contributed by atoms with Crippen molar-refractivity contribution in [3.05, 3.63) is 102 Å². The monoisotopic (exact) mass is 463 g/mol. The van der Waals surface area contributed by atoms with Crippen LogP contribution < -0.4 is 10.6 Å². The number of thioether (sulfide) groups is 1. The molecule has 3 amide bonds. The Morgan fingerprint density at radius 2 is 1.70 bits per heavy atom. The maximum atomic E-state index is 14.5. The summed E-state index contributed by atoms with van der Waals surface area (Å²) in [7, 11) is 0. The summed E-state index contributed by atoms with van der Waals surface area (Å²) in [5.74, 6) is -0.754. The van der Waals surface area contributed by atoms with Crippen LogP contribution in [-0.4, -0.2) is 33.5 Å². The molecular formula is C24H22FN5O2S. The maximum absolute atomic E-state index is 14.5. The van der Waals surface area contributed by atoms with Gasteiger partial charge in [0.2, 0.25) is 5.91 Å². The van der Waals surface area contributed by atoms with E-state index >= 15 is 0 Å². The number of rotatable bonds is 6. The molecule has 1 aromatic heterocycles. The average molecular weight is 464 g/mol. The summed E-state index contributed by atoms with van der Waals surface area (Å²) in [6.45, 7) is 1.79. The molecule has 0 radical (unpaired) electrons. The largest absolute Gasteiger partial charge is 0.334 e. The molecule has 0 saturated heterocycles. The molecule has 4 rings (SSSR count). The minimum atomic E-state index is -1.07. The van der Waals surface area contributed by atoms with E-state index < -0.39 is 16.7 Å². The molecule has 1 unspecified atom stereocenters. The van der Waals surface area contributed by atoms with Crippen LogP contribution in [0.25, 0.3) is 0 Å². The highest BCUT2D eigenvalue weighted by Crippen LogP contribution is 2.47. The van der Waals surface area contributed by atoms with Crippen LogP contribution in [0.2, 0.25) is 0 Å². The van der Waals surface area contributed by atoms with Crippen molar-refractivity contribution < 1.29 is 14.0 Å². The number of amides is 3. The SMILES string of the molecule is CC(=O)N1N=C(c2ccccc2F)SC1(CNC(=O)NCc1ccncc1)c1ccccc1. The van der Waals surface area contributed by atoms with E-state index in [1.165, 1.54) is 29.8 Å². The van der Waals surface area contributed by atoms with Crippen molar-refractivity contribution in [3.8, 4) is 0 Å². The standard InChI is InChI=1S/C24H22FN5O2S/c1-17(31)30-24(19-7-3-2-4-8-19,33-22(29-30)20-9-5-6-10-21(20)25)16-28-23(32)27-15-18-11-13-26-14-12-18/h2-14H,15-16H2,1H3,(H2,27,28,32). The Balaban J connectivity index is 1.60. The lowest BCUT2D eigenvalue weighted by molar-refractivity contribution is -0.132. The number of hydrazone groups is 1. The summed E-state index contributed by atoms with van der Waals surface area (Å²) in [5, 5.41) is 11.8. The van der Waals surface area contributed by atoms with Crippen molar-refractivity contribution in [1.82, 2.24) is 20.6 Å². The molecule has 0 aliphatic carbocycles. The molecule has 0 saturated carbocycles. The third-order valence-electron chi connectivity index (χ3n) is 5.12. The molecular weight excluding hydrogens is 441 g/mol. The number of urea groups is 1. The predicted molar refractivity (Wildman–Crippen MR) is 126 cm³/mol. The Labute approximate surface area is 195 Å². The van der Waals surface area contributed by atoms with Gasteiger partial charge in [-0.05, 0) is 35.4 Å². The quantitative estimate of drug-likeness (QED) is 0.582. The highest BCUT2D eigenvalue weighted by molar-refractivity contribution is 8.15. The third kappa shape index (κ3) is 4.88. The molecule has 0 bridgehead atoms. The predicted octanol–water partition coefficient (Wildman–Crippen LogP) is 3.83. The summed E-state index contributed by atoms with van der Waals surface area (Å²) in [4.78, 5) is 28.1. The van der Waals surface area contributed by atoms with E-state index in [9.17, 15) is 14.0 Å². The van der Waals surface area contributed by atoms with Crippen molar-refractivity contribution >= 4 is 28.7 Å². The highest BCUT2D eigenvalue weighted by Gasteiger charge is 2.48. The van der Waals surface area contributed by atoms with E-state index in [2.05, 4.69) is 20.7 Å². The molecule has 9 heteroatoms. The first-order valence-electron chi connectivity index (χ1n) is 10.3. The van der Waals surface area contributed by atoms with Crippen LogP contribution in [0.1, 0.15) is 23.6 Å². The number of hydrogen-bond donors (Lipinski definition) is 2. The minimum Gasteiger partial charge on any atom is -0.334 e. The Hall–Kier alpha value is -3.72. The second-order valence-electron chi connectivity index (χ2n) is 7.36. The number of carbonyl (C=O) groups excluding carboxylic acids is 2. The number of hydrogen-bond acceptors (Lipinski definition) is 5.